The number of amides is 1. The largest absolute Gasteiger partial charge is 0.471 e. The second-order valence-electron chi connectivity index (χ2n) is 6.60. The van der Waals surface area contributed by atoms with Crippen LogP contribution in [0.4, 0.5) is 13.2 Å². The number of carbonyl (C=O) groups excluding carboxylic acids is 2. The molecule has 0 bridgehead atoms. The number of halogens is 3. The molecule has 0 saturated heterocycles. The highest BCUT2D eigenvalue weighted by Gasteiger charge is 2.61. The number of allylic oxidation sites excluding steroid dienone is 2. The number of ether oxygens (including phenoxy) is 2. The number of hydrogen-bond acceptors (Lipinski definition) is 4. The summed E-state index contributed by atoms with van der Waals surface area (Å²) in [5.74, 6) is -2.32. The summed E-state index contributed by atoms with van der Waals surface area (Å²) < 4.78 is 45.9. The molecular weight excluding hydrogens is 327 g/mol. The molecule has 8 heteroatoms. The van der Waals surface area contributed by atoms with Crippen LogP contribution in [-0.2, 0) is 19.1 Å². The molecule has 1 rings (SSSR count). The van der Waals surface area contributed by atoms with Crippen molar-refractivity contribution in [3.05, 3.63) is 11.6 Å². The summed E-state index contributed by atoms with van der Waals surface area (Å²) in [5.41, 5.74) is 1.02. The molecule has 0 aromatic rings. The maximum Gasteiger partial charge on any atom is 0.471 e. The molecule has 1 N–H and O–H groups in total. The molecule has 0 aromatic carbocycles. The molecule has 5 nitrogen and oxygen atoms in total. The van der Waals surface area contributed by atoms with Crippen molar-refractivity contribution in [3.8, 4) is 0 Å². The third-order valence-electron chi connectivity index (χ3n) is 3.94. The first kappa shape index (κ1) is 20.5. The van der Waals surface area contributed by atoms with Crippen molar-refractivity contribution >= 4 is 11.9 Å². The van der Waals surface area contributed by atoms with Crippen LogP contribution in [0.3, 0.4) is 0 Å². The zero-order chi connectivity index (χ0) is 18.5. The van der Waals surface area contributed by atoms with Crippen molar-refractivity contribution in [2.45, 2.75) is 33.9 Å². The normalized spacial score (nSPS) is 21.8. The lowest BCUT2D eigenvalue weighted by Gasteiger charge is -2.09. The van der Waals surface area contributed by atoms with Crippen LogP contribution in [0, 0.1) is 17.3 Å². The van der Waals surface area contributed by atoms with Gasteiger partial charge in [0.05, 0.1) is 19.1 Å². The van der Waals surface area contributed by atoms with E-state index in [-0.39, 0.29) is 49.6 Å². The minimum atomic E-state index is -4.89. The van der Waals surface area contributed by atoms with E-state index in [1.54, 1.807) is 5.32 Å². The number of carbonyl (C=O) groups is 2. The first-order chi connectivity index (χ1) is 11.0. The van der Waals surface area contributed by atoms with Gasteiger partial charge in [-0.3, -0.25) is 9.59 Å². The van der Waals surface area contributed by atoms with Gasteiger partial charge in [0, 0.05) is 6.54 Å². The highest BCUT2D eigenvalue weighted by Crippen LogP contribution is 2.59. The van der Waals surface area contributed by atoms with Gasteiger partial charge in [0.2, 0.25) is 0 Å². The molecule has 1 saturated carbocycles. The van der Waals surface area contributed by atoms with E-state index < -0.39 is 12.1 Å². The molecule has 1 fully saturated rings. The third-order valence-corrected chi connectivity index (χ3v) is 3.94. The van der Waals surface area contributed by atoms with E-state index in [4.69, 9.17) is 9.47 Å². The van der Waals surface area contributed by atoms with Crippen molar-refractivity contribution in [3.63, 3.8) is 0 Å². The Bertz CT molecular complexity index is 496. The summed E-state index contributed by atoms with van der Waals surface area (Å²) in [7, 11) is 0. The maximum atomic E-state index is 12.0. The van der Waals surface area contributed by atoms with Gasteiger partial charge >= 0.3 is 18.1 Å². The summed E-state index contributed by atoms with van der Waals surface area (Å²) in [6.07, 6.45) is -2.83. The Balaban J connectivity index is 2.15. The van der Waals surface area contributed by atoms with E-state index in [9.17, 15) is 22.8 Å². The van der Waals surface area contributed by atoms with Crippen molar-refractivity contribution in [2.75, 3.05) is 26.4 Å². The van der Waals surface area contributed by atoms with Crippen LogP contribution in [-0.4, -0.2) is 44.4 Å². The maximum absolute atomic E-state index is 12.0. The van der Waals surface area contributed by atoms with E-state index in [1.807, 2.05) is 27.7 Å². The molecule has 0 unspecified atom stereocenters. The molecule has 0 heterocycles. The lowest BCUT2D eigenvalue weighted by Crippen LogP contribution is -2.38. The third kappa shape index (κ3) is 5.81. The first-order valence-electron chi connectivity index (χ1n) is 7.72. The average molecular weight is 351 g/mol. The van der Waals surface area contributed by atoms with Crippen molar-refractivity contribution in [1.29, 1.82) is 0 Å². The van der Waals surface area contributed by atoms with E-state index in [0.717, 1.165) is 5.57 Å². The predicted molar refractivity (Wildman–Crippen MR) is 81.0 cm³/mol. The molecule has 1 aliphatic rings. The fraction of sp³-hybridized carbons (Fsp3) is 0.750. The van der Waals surface area contributed by atoms with Crippen molar-refractivity contribution in [1.82, 2.24) is 5.32 Å². The molecule has 0 aromatic heterocycles. The number of alkyl halides is 3. The quantitative estimate of drug-likeness (QED) is 0.414. The van der Waals surface area contributed by atoms with Gasteiger partial charge in [-0.1, -0.05) is 25.5 Å². The molecular formula is C16H24F3NO4. The van der Waals surface area contributed by atoms with Crippen LogP contribution in [0.5, 0.6) is 0 Å². The zero-order valence-electron chi connectivity index (χ0n) is 14.3. The zero-order valence-corrected chi connectivity index (χ0v) is 14.3. The molecule has 0 radical (unpaired) electrons. The fourth-order valence-electron chi connectivity index (χ4n) is 2.53. The molecule has 138 valence electrons. The van der Waals surface area contributed by atoms with Gasteiger partial charge in [0.25, 0.3) is 0 Å². The lowest BCUT2D eigenvalue weighted by molar-refractivity contribution is -0.173. The second kappa shape index (κ2) is 8.00. The van der Waals surface area contributed by atoms with Crippen LogP contribution < -0.4 is 5.32 Å². The SMILES string of the molecule is CC(C)=C[C@@H]1[C@@H](C(=O)OCCOCCNC(=O)C(F)(F)F)C1(C)C. The molecule has 1 amide bonds. The number of esters is 1. The Morgan fingerprint density at radius 2 is 1.79 bits per heavy atom. The molecule has 1 aliphatic carbocycles. The summed E-state index contributed by atoms with van der Waals surface area (Å²) in [6.45, 7) is 7.70. The van der Waals surface area contributed by atoms with Gasteiger partial charge in [-0.05, 0) is 25.2 Å². The Morgan fingerprint density at radius 3 is 2.33 bits per heavy atom. The van der Waals surface area contributed by atoms with Gasteiger partial charge in [-0.25, -0.2) is 0 Å². The summed E-state index contributed by atoms with van der Waals surface area (Å²) in [5, 5.41) is 1.68. The fourth-order valence-corrected chi connectivity index (χ4v) is 2.53. The van der Waals surface area contributed by atoms with E-state index in [1.165, 1.54) is 0 Å². The molecule has 2 atom stereocenters. The minimum Gasteiger partial charge on any atom is -0.463 e. The Morgan fingerprint density at radius 1 is 1.17 bits per heavy atom. The minimum absolute atomic E-state index is 0.0279. The smallest absolute Gasteiger partial charge is 0.463 e. The van der Waals surface area contributed by atoms with E-state index in [2.05, 4.69) is 6.08 Å². The second-order valence-corrected chi connectivity index (χ2v) is 6.60. The Kier molecular flexibility index (Phi) is 6.83. The van der Waals surface area contributed by atoms with Crippen LogP contribution in [0.1, 0.15) is 27.7 Å². The molecule has 0 spiro atoms. The molecule has 24 heavy (non-hydrogen) atoms. The van der Waals surface area contributed by atoms with Crippen LogP contribution in [0.25, 0.3) is 0 Å². The number of hydrogen-bond donors (Lipinski definition) is 1. The average Bonchev–Trinajstić information content (AvgIpc) is 2.96. The van der Waals surface area contributed by atoms with Gasteiger partial charge in [-0.2, -0.15) is 13.2 Å². The topological polar surface area (TPSA) is 64.6 Å². The van der Waals surface area contributed by atoms with Gasteiger partial charge in [0.1, 0.15) is 6.61 Å². The number of nitrogens with one attached hydrogen (secondary N) is 1. The van der Waals surface area contributed by atoms with Crippen LogP contribution >= 0.6 is 0 Å². The van der Waals surface area contributed by atoms with Gasteiger partial charge in [0.15, 0.2) is 0 Å². The summed E-state index contributed by atoms with van der Waals surface area (Å²) in [4.78, 5) is 22.5. The Hall–Kier alpha value is -1.57. The lowest BCUT2D eigenvalue weighted by atomic mass is 10.1. The van der Waals surface area contributed by atoms with E-state index in [0.29, 0.717) is 0 Å². The van der Waals surface area contributed by atoms with Crippen molar-refractivity contribution < 1.29 is 32.2 Å². The standard InChI is InChI=1S/C16H24F3NO4/c1-10(2)9-11-12(15(11,3)4)13(21)24-8-7-23-6-5-20-14(22)16(17,18)19/h9,11-12H,5-8H2,1-4H3,(H,20,22)/t11-,12+/m1/s1. The predicted octanol–water partition coefficient (Wildman–Crippen LogP) is 2.46. The van der Waals surface area contributed by atoms with Gasteiger partial charge in [-0.15, -0.1) is 0 Å². The Labute approximate surface area is 139 Å². The molecule has 0 aliphatic heterocycles. The highest BCUT2D eigenvalue weighted by atomic mass is 19.4. The van der Waals surface area contributed by atoms with Crippen molar-refractivity contribution in [2.24, 2.45) is 17.3 Å². The van der Waals surface area contributed by atoms with Crippen LogP contribution in [0.2, 0.25) is 0 Å². The number of rotatable bonds is 8. The first-order valence-corrected chi connectivity index (χ1v) is 7.72. The van der Waals surface area contributed by atoms with E-state index >= 15 is 0 Å². The summed E-state index contributed by atoms with van der Waals surface area (Å²) in [6, 6.07) is 0. The monoisotopic (exact) mass is 351 g/mol. The highest BCUT2D eigenvalue weighted by molar-refractivity contribution is 5.81. The summed E-state index contributed by atoms with van der Waals surface area (Å²) >= 11 is 0. The van der Waals surface area contributed by atoms with Gasteiger partial charge < -0.3 is 14.8 Å². The van der Waals surface area contributed by atoms with Crippen LogP contribution in [0.15, 0.2) is 11.6 Å².